The van der Waals surface area contributed by atoms with Gasteiger partial charge in [0.1, 0.15) is 70.8 Å². The van der Waals surface area contributed by atoms with Crippen molar-refractivity contribution in [2.24, 2.45) is 0 Å². The quantitative estimate of drug-likeness (QED) is 0.0238. The van der Waals surface area contributed by atoms with Gasteiger partial charge in [-0.1, -0.05) is 411 Å². The third-order valence-electron chi connectivity index (χ3n) is 23.2. The van der Waals surface area contributed by atoms with E-state index in [2.05, 4.69) is 39.8 Å². The van der Waals surface area contributed by atoms with Crippen molar-refractivity contribution in [3.05, 3.63) is 489 Å². The number of aryl methyl sites for hydroxylation is 5. The summed E-state index contributed by atoms with van der Waals surface area (Å²) < 4.78 is 23.7. The van der Waals surface area contributed by atoms with E-state index >= 15 is 0 Å². The third kappa shape index (κ3) is 29.8. The number of para-hydroxylation sites is 2. The lowest BCUT2D eigenvalue weighted by Gasteiger charge is -2.23. The van der Waals surface area contributed by atoms with E-state index in [0.29, 0.717) is 85.4 Å². The van der Waals surface area contributed by atoms with E-state index in [1.807, 2.05) is 361 Å². The zero-order valence-electron chi connectivity index (χ0n) is 80.5. The first-order valence-electron chi connectivity index (χ1n) is 46.0. The van der Waals surface area contributed by atoms with Crippen LogP contribution in [0, 0.1) is 40.4 Å². The summed E-state index contributed by atoms with van der Waals surface area (Å²) in [5, 5.41) is 137. The van der Waals surface area contributed by atoms with E-state index in [1.165, 1.54) is 26.4 Å². The minimum atomic E-state index is -0.798. The monoisotopic (exact) mass is 1990 g/mol. The Hall–Kier alpha value is -12.6. The molecular formula is C120H121FO14P6. The lowest BCUT2D eigenvalue weighted by Crippen LogP contribution is -2.18. The Morgan fingerprint density at radius 3 is 0.943 bits per heavy atom. The topological polar surface area (TPSA) is 261 Å². The fourth-order valence-corrected chi connectivity index (χ4v) is 23.8. The maximum Gasteiger partial charge on any atom is 0.165 e. The Morgan fingerprint density at radius 1 is 0.248 bits per heavy atom. The zero-order chi connectivity index (χ0) is 101. The van der Waals surface area contributed by atoms with Gasteiger partial charge in [0.05, 0.1) is 20.3 Å². The molecule has 0 fully saturated rings. The number of phenolic OH excluding ortho intramolecular Hbond substituents is 6. The van der Waals surface area contributed by atoms with Crippen molar-refractivity contribution in [2.75, 3.05) is 14.2 Å². The largest absolute Gasteiger partial charge is 0.507 e. The number of halogens is 1. The van der Waals surface area contributed by atoms with Crippen molar-refractivity contribution in [1.29, 1.82) is 0 Å². The van der Waals surface area contributed by atoms with Gasteiger partial charge in [-0.05, 0) is 211 Å². The van der Waals surface area contributed by atoms with Crippen molar-refractivity contribution in [2.45, 2.75) is 104 Å². The van der Waals surface area contributed by atoms with Crippen molar-refractivity contribution in [3.63, 3.8) is 0 Å². The molecule has 0 saturated carbocycles. The van der Waals surface area contributed by atoms with Gasteiger partial charge in [-0.3, -0.25) is 0 Å². The van der Waals surface area contributed by atoms with Crippen molar-refractivity contribution in [3.8, 4) is 46.0 Å². The molecule has 14 nitrogen and oxygen atoms in total. The van der Waals surface area contributed by atoms with Crippen LogP contribution in [0.2, 0.25) is 0 Å². The van der Waals surface area contributed by atoms with Crippen LogP contribution in [0.3, 0.4) is 0 Å². The molecule has 12 atom stereocenters. The molecule has 17 aromatic carbocycles. The highest BCUT2D eigenvalue weighted by molar-refractivity contribution is 7.57. The second kappa shape index (κ2) is 52.2. The van der Waals surface area contributed by atoms with Gasteiger partial charge in [-0.2, -0.15) is 0 Å². The molecular weight excluding hydrogens is 1870 g/mol. The van der Waals surface area contributed by atoms with E-state index in [4.69, 9.17) is 9.47 Å². The van der Waals surface area contributed by atoms with Crippen LogP contribution in [0.5, 0.6) is 46.0 Å². The Balaban J connectivity index is 0.000000151. The molecule has 0 bridgehead atoms. The van der Waals surface area contributed by atoms with Gasteiger partial charge in [-0.15, -0.1) is 0 Å². The van der Waals surface area contributed by atoms with E-state index in [9.17, 15) is 65.7 Å². The number of rotatable bonds is 25. The summed E-state index contributed by atoms with van der Waals surface area (Å²) in [4.78, 5) is 0. The summed E-state index contributed by atoms with van der Waals surface area (Å²) in [7, 11) is 4.48. The van der Waals surface area contributed by atoms with Gasteiger partial charge in [-0.25, -0.2) is 4.39 Å². The number of hydrogen-bond donors (Lipinski definition) is 12. The summed E-state index contributed by atoms with van der Waals surface area (Å²) in [6.07, 6.45) is -4.12. The lowest BCUT2D eigenvalue weighted by molar-refractivity contribution is 0.200. The number of aliphatic hydroxyl groups is 6. The van der Waals surface area contributed by atoms with Crippen LogP contribution in [-0.2, 0) is 5.41 Å². The number of aliphatic hydroxyl groups excluding tert-OH is 6. The molecule has 722 valence electrons. The Kier molecular flexibility index (Phi) is 39.7. The highest BCUT2D eigenvalue weighted by Crippen LogP contribution is 2.39. The molecule has 0 amide bonds. The van der Waals surface area contributed by atoms with Gasteiger partial charge in [0.2, 0.25) is 0 Å². The molecule has 0 aliphatic rings. The van der Waals surface area contributed by atoms with Gasteiger partial charge in [0.15, 0.2) is 11.5 Å². The predicted molar refractivity (Wildman–Crippen MR) is 591 cm³/mol. The van der Waals surface area contributed by atoms with Crippen LogP contribution < -0.4 is 73.1 Å². The summed E-state index contributed by atoms with van der Waals surface area (Å²) in [5.74, 6) is 2.13. The molecule has 12 unspecified atom stereocenters. The van der Waals surface area contributed by atoms with E-state index in [1.54, 1.807) is 37.3 Å². The van der Waals surface area contributed by atoms with Gasteiger partial charge in [0.25, 0.3) is 0 Å². The molecule has 0 aliphatic heterocycles. The molecule has 12 N–H and O–H groups in total. The molecule has 17 aromatic rings. The first kappa shape index (κ1) is 107. The molecule has 141 heavy (non-hydrogen) atoms. The van der Waals surface area contributed by atoms with Gasteiger partial charge >= 0.3 is 0 Å². The fraction of sp³-hybridized carbons (Fsp3) is 0.150. The Labute approximate surface area is 837 Å². The molecule has 17 rings (SSSR count). The fourth-order valence-electron chi connectivity index (χ4n) is 15.7. The first-order valence-corrected chi connectivity index (χ1v) is 52.0. The highest BCUT2D eigenvalue weighted by atomic mass is 31.1. The van der Waals surface area contributed by atoms with Crippen LogP contribution in [0.1, 0.15) is 159 Å². The summed E-state index contributed by atoms with van der Waals surface area (Å²) >= 11 is 0. The molecule has 0 aliphatic carbocycles. The minimum Gasteiger partial charge on any atom is -0.507 e. The summed E-state index contributed by atoms with van der Waals surface area (Å²) in [5.41, 5.74) is 15.3. The maximum atomic E-state index is 13.4. The van der Waals surface area contributed by atoms with Crippen LogP contribution >= 0.6 is 51.5 Å². The van der Waals surface area contributed by atoms with Crippen molar-refractivity contribution in [1.82, 2.24) is 0 Å². The standard InChI is InChI=1S/C24H27O2P.C21H21O2P.2C20H19O2P.C19H17O2P.C16H18FO4P/c1-16-14-19(24(2,3)4)23(26)21(15-16)27-20-13-9-8-12-18(20)22(25)17-10-6-5-7-11-17;1-14-12-15(2)20(22)19(13-14)24-18-11-7-6-10-17(18)21(23)16-8-4-3-5-9-16;1-14-8-7-13-18(19(14)21)23-17-12-6-5-11-16(17)20(22)15-9-3-2-4-10-15;1-14-11-12-17(21)19(13-14)23-18-10-6-5-9-16(18)20(22)15-7-3-2-4-8-15;20-16-11-5-7-13-18(16)22-17-12-6-4-10-15(17)19(21)14-8-2-1-3-9-14;1-9(18)12-6-10(17)4-5-14(12)22-15-8-11(20-2)7-13(21-3)16(15)19/h5-15,22,25-27H,1-4H3;3-13,21-24H,1-2H3;2*2-13,20-23H,1H3;1-13,19-22H;4-9,18-19,22H,1-3H3. The first-order chi connectivity index (χ1) is 67.9. The Morgan fingerprint density at radius 2 is 0.560 bits per heavy atom. The number of phenols is 6. The second-order valence-electron chi connectivity index (χ2n) is 34.8. The molecule has 0 heterocycles. The Bertz CT molecular complexity index is 6850. The van der Waals surface area contributed by atoms with Crippen molar-refractivity contribution < 1.29 is 75.1 Å². The number of aromatic hydroxyl groups is 6. The number of methoxy groups -OCH3 is 2. The van der Waals surface area contributed by atoms with Crippen molar-refractivity contribution >= 4 is 115 Å². The van der Waals surface area contributed by atoms with E-state index in [-0.39, 0.29) is 28.3 Å². The third-order valence-corrected chi connectivity index (χ3v) is 31.6. The normalized spacial score (nSPS) is 12.7. The average Bonchev–Trinajstić information content (AvgIpc) is 0.791. The molecule has 21 heteroatoms. The number of benzene rings is 17. The SMILES string of the molecule is COc1cc(OC)c(O)c(Pc2ccc(F)cc2C(C)O)c1.Cc1cc(C)c(O)c(Pc2ccccc2C(O)c2ccccc2)c1.Cc1cc(Pc2ccccc2C(O)c2ccccc2)c(O)c(C(C)(C)C)c1.Cc1ccc(O)c(Pc2ccccc2C(O)c2ccccc2)c1.Cc1cccc(Pc2ccccc2C(O)c2ccccc2)c1O.Oc1ccccc1Pc1ccccc1C(O)c1ccccc1. The number of ether oxygens (including phenoxy) is 2. The van der Waals surface area contributed by atoms with Crippen LogP contribution in [0.15, 0.2) is 388 Å². The smallest absolute Gasteiger partial charge is 0.165 e. The summed E-state index contributed by atoms with van der Waals surface area (Å²) in [6, 6.07) is 122. The maximum absolute atomic E-state index is 13.4. The van der Waals surface area contributed by atoms with E-state index < -0.39 is 42.4 Å². The van der Waals surface area contributed by atoms with Crippen LogP contribution in [-0.4, -0.2) is 75.5 Å². The molecule has 0 radical (unpaired) electrons. The highest BCUT2D eigenvalue weighted by Gasteiger charge is 2.26. The predicted octanol–water partition coefficient (Wildman–Crippen LogP) is 20.6. The number of hydrogen-bond acceptors (Lipinski definition) is 14. The summed E-state index contributed by atoms with van der Waals surface area (Å²) in [6.45, 7) is 17.8. The average molecular weight is 1990 g/mol. The van der Waals surface area contributed by atoms with Crippen LogP contribution in [0.25, 0.3) is 0 Å². The zero-order valence-corrected chi connectivity index (χ0v) is 86.5. The lowest BCUT2D eigenvalue weighted by atomic mass is 9.85. The van der Waals surface area contributed by atoms with Gasteiger partial charge in [0, 0.05) is 43.5 Å². The molecule has 0 saturated heterocycles. The van der Waals surface area contributed by atoms with Crippen LogP contribution in [0.4, 0.5) is 4.39 Å². The molecule has 0 aromatic heterocycles. The second-order valence-corrected chi connectivity index (χ2v) is 42.8. The minimum absolute atomic E-state index is 0.0162. The van der Waals surface area contributed by atoms with E-state index in [0.717, 1.165) is 147 Å². The van der Waals surface area contributed by atoms with Gasteiger partial charge < -0.3 is 70.8 Å². The molecule has 0 spiro atoms.